The fourth-order valence-corrected chi connectivity index (χ4v) is 3.00. The second-order valence-electron chi connectivity index (χ2n) is 6.03. The monoisotopic (exact) mass is 393 g/mol. The van der Waals surface area contributed by atoms with Crippen molar-refractivity contribution in [2.24, 2.45) is 0 Å². The molecule has 9 heteroatoms. The molecule has 1 N–H and O–H groups in total. The lowest BCUT2D eigenvalue weighted by molar-refractivity contribution is -0.274. The van der Waals surface area contributed by atoms with Gasteiger partial charge < -0.3 is 10.1 Å². The van der Waals surface area contributed by atoms with Gasteiger partial charge in [0.1, 0.15) is 12.3 Å². The van der Waals surface area contributed by atoms with Crippen LogP contribution in [-0.2, 0) is 24.4 Å². The van der Waals surface area contributed by atoms with Gasteiger partial charge in [-0.1, -0.05) is 30.3 Å². The number of aryl methyl sites for hydroxylation is 1. The second-order valence-corrected chi connectivity index (χ2v) is 6.03. The summed E-state index contributed by atoms with van der Waals surface area (Å²) in [6.45, 7) is 1.88. The van der Waals surface area contributed by atoms with Gasteiger partial charge in [0, 0.05) is 18.7 Å². The van der Waals surface area contributed by atoms with Gasteiger partial charge in [-0.05, 0) is 25.1 Å². The number of rotatable bonds is 6. The van der Waals surface area contributed by atoms with E-state index in [4.69, 9.17) is 0 Å². The third kappa shape index (κ3) is 4.19. The molecule has 0 aliphatic rings. The van der Waals surface area contributed by atoms with Crippen molar-refractivity contribution in [1.82, 2.24) is 14.5 Å². The maximum absolute atomic E-state index is 12.5. The molecule has 0 bridgehead atoms. The Labute approximate surface area is 158 Å². The zero-order valence-corrected chi connectivity index (χ0v) is 15.0. The molecule has 2 aromatic carbocycles. The van der Waals surface area contributed by atoms with E-state index in [9.17, 15) is 22.8 Å². The first-order chi connectivity index (χ1) is 13.3. The Morgan fingerprint density at radius 2 is 1.64 bits per heavy atom. The molecule has 3 aromatic rings. The SMILES string of the molecule is CCn1c(=O)n(CC(=O)NCc2ccccc2OC(F)(F)F)c2ccccc21. The van der Waals surface area contributed by atoms with Gasteiger partial charge in [-0.3, -0.25) is 13.9 Å². The number of imidazole rings is 1. The molecule has 0 fully saturated rings. The molecule has 148 valence electrons. The molecular formula is C19H18F3N3O3. The number of carbonyl (C=O) groups is 1. The number of nitrogens with zero attached hydrogens (tertiary/aromatic N) is 2. The van der Waals surface area contributed by atoms with Crippen molar-refractivity contribution < 1.29 is 22.7 Å². The van der Waals surface area contributed by atoms with Crippen LogP contribution in [0.25, 0.3) is 11.0 Å². The van der Waals surface area contributed by atoms with Crippen molar-refractivity contribution in [2.45, 2.75) is 32.9 Å². The fourth-order valence-electron chi connectivity index (χ4n) is 3.00. The zero-order chi connectivity index (χ0) is 20.3. The Morgan fingerprint density at radius 3 is 2.29 bits per heavy atom. The van der Waals surface area contributed by atoms with Crippen molar-refractivity contribution in [2.75, 3.05) is 0 Å². The summed E-state index contributed by atoms with van der Waals surface area (Å²) in [6, 6.07) is 12.7. The third-order valence-corrected chi connectivity index (χ3v) is 4.22. The van der Waals surface area contributed by atoms with E-state index in [0.717, 1.165) is 0 Å². The Kier molecular flexibility index (Phi) is 5.43. The molecule has 0 unspecified atom stereocenters. The summed E-state index contributed by atoms with van der Waals surface area (Å²) in [7, 11) is 0. The van der Waals surface area contributed by atoms with Crippen molar-refractivity contribution in [3.05, 3.63) is 64.6 Å². The normalized spacial score (nSPS) is 11.6. The van der Waals surface area contributed by atoms with Crippen LogP contribution >= 0.6 is 0 Å². The quantitative estimate of drug-likeness (QED) is 0.700. The van der Waals surface area contributed by atoms with Crippen LogP contribution in [0.4, 0.5) is 13.2 Å². The highest BCUT2D eigenvalue weighted by molar-refractivity contribution is 5.81. The summed E-state index contributed by atoms with van der Waals surface area (Å²) in [5, 5.41) is 2.54. The molecule has 0 saturated carbocycles. The van der Waals surface area contributed by atoms with Gasteiger partial charge >= 0.3 is 12.1 Å². The fraction of sp³-hybridized carbons (Fsp3) is 0.263. The molecule has 0 atom stereocenters. The molecule has 1 aromatic heterocycles. The van der Waals surface area contributed by atoms with Gasteiger partial charge in [-0.25, -0.2) is 4.79 Å². The highest BCUT2D eigenvalue weighted by Gasteiger charge is 2.32. The number of nitrogens with one attached hydrogen (secondary N) is 1. The highest BCUT2D eigenvalue weighted by atomic mass is 19.4. The average Bonchev–Trinajstić information content (AvgIpc) is 2.91. The summed E-state index contributed by atoms with van der Waals surface area (Å²) in [5.74, 6) is -0.877. The summed E-state index contributed by atoms with van der Waals surface area (Å²) in [5.41, 5.74) is 1.19. The molecule has 0 spiro atoms. The van der Waals surface area contributed by atoms with E-state index in [0.29, 0.717) is 17.6 Å². The van der Waals surface area contributed by atoms with Crippen LogP contribution in [0.3, 0.4) is 0 Å². The number of benzene rings is 2. The first kappa shape index (κ1) is 19.5. The summed E-state index contributed by atoms with van der Waals surface area (Å²) < 4.78 is 44.3. The number of ether oxygens (including phenoxy) is 1. The molecule has 3 rings (SSSR count). The average molecular weight is 393 g/mol. The number of alkyl halides is 3. The van der Waals surface area contributed by atoms with Gasteiger partial charge in [0.2, 0.25) is 5.91 Å². The Morgan fingerprint density at radius 1 is 1.04 bits per heavy atom. The number of fused-ring (bicyclic) bond motifs is 1. The molecule has 1 heterocycles. The maximum atomic E-state index is 12.5. The van der Waals surface area contributed by atoms with Crippen LogP contribution in [0.2, 0.25) is 0 Å². The summed E-state index contributed by atoms with van der Waals surface area (Å²) in [4.78, 5) is 24.9. The second kappa shape index (κ2) is 7.79. The number of carbonyl (C=O) groups excluding carboxylic acids is 1. The van der Waals surface area contributed by atoms with Gasteiger partial charge in [-0.15, -0.1) is 13.2 Å². The number of halogens is 3. The van der Waals surface area contributed by atoms with Gasteiger partial charge in [0.15, 0.2) is 0 Å². The minimum Gasteiger partial charge on any atom is -0.405 e. The van der Waals surface area contributed by atoms with Crippen molar-refractivity contribution in [3.8, 4) is 5.75 Å². The predicted octanol–water partition coefficient (Wildman–Crippen LogP) is 3.04. The Bertz CT molecular complexity index is 1050. The van der Waals surface area contributed by atoms with Crippen LogP contribution in [0, 0.1) is 0 Å². The van der Waals surface area contributed by atoms with E-state index < -0.39 is 12.3 Å². The van der Waals surface area contributed by atoms with Crippen LogP contribution in [0.1, 0.15) is 12.5 Å². The number of amides is 1. The lowest BCUT2D eigenvalue weighted by Crippen LogP contribution is -2.33. The number of hydrogen-bond acceptors (Lipinski definition) is 3. The molecule has 0 aliphatic heterocycles. The number of hydrogen-bond donors (Lipinski definition) is 1. The van der Waals surface area contributed by atoms with Crippen LogP contribution in [0.15, 0.2) is 53.3 Å². The lowest BCUT2D eigenvalue weighted by atomic mass is 10.2. The van der Waals surface area contributed by atoms with E-state index in [1.54, 1.807) is 34.9 Å². The summed E-state index contributed by atoms with van der Waals surface area (Å²) >= 11 is 0. The topological polar surface area (TPSA) is 65.3 Å². The van der Waals surface area contributed by atoms with Gasteiger partial charge in [-0.2, -0.15) is 0 Å². The lowest BCUT2D eigenvalue weighted by Gasteiger charge is -2.13. The van der Waals surface area contributed by atoms with E-state index in [1.807, 2.05) is 6.92 Å². The van der Waals surface area contributed by atoms with Crippen molar-refractivity contribution >= 4 is 16.9 Å². The van der Waals surface area contributed by atoms with Gasteiger partial charge in [0.05, 0.1) is 11.0 Å². The molecule has 28 heavy (non-hydrogen) atoms. The van der Waals surface area contributed by atoms with Crippen LogP contribution in [0.5, 0.6) is 5.75 Å². The predicted molar refractivity (Wildman–Crippen MR) is 96.8 cm³/mol. The zero-order valence-electron chi connectivity index (χ0n) is 15.0. The highest BCUT2D eigenvalue weighted by Crippen LogP contribution is 2.26. The van der Waals surface area contributed by atoms with E-state index in [1.165, 1.54) is 22.8 Å². The molecular weight excluding hydrogens is 375 g/mol. The smallest absolute Gasteiger partial charge is 0.405 e. The first-order valence-electron chi connectivity index (χ1n) is 8.58. The first-order valence-corrected chi connectivity index (χ1v) is 8.58. The molecule has 1 amide bonds. The van der Waals surface area contributed by atoms with Gasteiger partial charge in [0.25, 0.3) is 0 Å². The Hall–Kier alpha value is -3.23. The summed E-state index contributed by atoms with van der Waals surface area (Å²) in [6.07, 6.45) is -4.82. The van der Waals surface area contributed by atoms with E-state index in [2.05, 4.69) is 10.1 Å². The minimum atomic E-state index is -4.82. The van der Waals surface area contributed by atoms with E-state index in [-0.39, 0.29) is 30.1 Å². The molecule has 6 nitrogen and oxygen atoms in total. The maximum Gasteiger partial charge on any atom is 0.573 e. The van der Waals surface area contributed by atoms with Crippen LogP contribution < -0.4 is 15.7 Å². The van der Waals surface area contributed by atoms with Crippen molar-refractivity contribution in [3.63, 3.8) is 0 Å². The standard InChI is InChI=1S/C19H18F3N3O3/c1-2-24-14-8-4-5-9-15(14)25(18(24)27)12-17(26)23-11-13-7-3-6-10-16(13)28-19(20,21)22/h3-10H,2,11-12H2,1H3,(H,23,26). The largest absolute Gasteiger partial charge is 0.573 e. The molecule has 0 radical (unpaired) electrons. The Balaban J connectivity index is 1.76. The number of aromatic nitrogens is 2. The minimum absolute atomic E-state index is 0.160. The number of para-hydroxylation sites is 3. The van der Waals surface area contributed by atoms with Crippen LogP contribution in [-0.4, -0.2) is 21.4 Å². The molecule has 0 saturated heterocycles. The van der Waals surface area contributed by atoms with Crippen molar-refractivity contribution in [1.29, 1.82) is 0 Å². The van der Waals surface area contributed by atoms with E-state index >= 15 is 0 Å². The molecule has 0 aliphatic carbocycles. The third-order valence-electron chi connectivity index (χ3n) is 4.22.